The fraction of sp³-hybridized carbons (Fsp3) is 0.200. The molecule has 7 heteroatoms. The number of benzene rings is 1. The fourth-order valence-corrected chi connectivity index (χ4v) is 2.54. The summed E-state index contributed by atoms with van der Waals surface area (Å²) >= 11 is 0. The highest BCUT2D eigenvalue weighted by Gasteiger charge is 2.14. The van der Waals surface area contributed by atoms with Crippen molar-refractivity contribution in [3.05, 3.63) is 83.8 Å². The topological polar surface area (TPSA) is 71.0 Å². The number of amides is 1. The molecule has 2 aromatic heterocycles. The lowest BCUT2D eigenvalue weighted by Gasteiger charge is -2.17. The van der Waals surface area contributed by atoms with Crippen molar-refractivity contribution in [1.82, 2.24) is 19.9 Å². The number of carbonyl (C=O) groups excluding carboxylic acids is 1. The average molecular weight is 365 g/mol. The third-order valence-corrected chi connectivity index (χ3v) is 4.14. The third kappa shape index (κ3) is 5.07. The SMILES string of the molecule is CN(CCc1ccncc1)C(=O)c1cc(NCc2ccccc2F)ncn1. The number of nitrogens with one attached hydrogen (secondary N) is 1. The number of hydrogen-bond donors (Lipinski definition) is 1. The Balaban J connectivity index is 1.60. The van der Waals surface area contributed by atoms with Gasteiger partial charge >= 0.3 is 0 Å². The predicted molar refractivity (Wildman–Crippen MR) is 101 cm³/mol. The molecular formula is C20H20FN5O. The van der Waals surface area contributed by atoms with Crippen molar-refractivity contribution in [3.8, 4) is 0 Å². The fourth-order valence-electron chi connectivity index (χ4n) is 2.54. The second kappa shape index (κ2) is 8.84. The van der Waals surface area contributed by atoms with Crippen LogP contribution in [0.2, 0.25) is 0 Å². The van der Waals surface area contributed by atoms with E-state index in [2.05, 4.69) is 20.3 Å². The van der Waals surface area contributed by atoms with Gasteiger partial charge in [0.25, 0.3) is 5.91 Å². The maximum atomic E-state index is 13.7. The van der Waals surface area contributed by atoms with E-state index in [1.165, 1.54) is 12.4 Å². The van der Waals surface area contributed by atoms with Crippen LogP contribution in [0.1, 0.15) is 21.6 Å². The molecule has 0 aliphatic rings. The molecule has 6 nitrogen and oxygen atoms in total. The number of nitrogens with zero attached hydrogens (tertiary/aromatic N) is 4. The highest BCUT2D eigenvalue weighted by atomic mass is 19.1. The van der Waals surface area contributed by atoms with Gasteiger partial charge in [-0.1, -0.05) is 18.2 Å². The van der Waals surface area contributed by atoms with Crippen LogP contribution in [-0.2, 0) is 13.0 Å². The molecule has 27 heavy (non-hydrogen) atoms. The van der Waals surface area contributed by atoms with Gasteiger partial charge in [0.2, 0.25) is 0 Å². The molecule has 2 heterocycles. The van der Waals surface area contributed by atoms with E-state index >= 15 is 0 Å². The van der Waals surface area contributed by atoms with Crippen molar-refractivity contribution in [1.29, 1.82) is 0 Å². The second-order valence-corrected chi connectivity index (χ2v) is 6.07. The number of aromatic nitrogens is 3. The van der Waals surface area contributed by atoms with Crippen molar-refractivity contribution in [3.63, 3.8) is 0 Å². The van der Waals surface area contributed by atoms with Gasteiger partial charge in [0.15, 0.2) is 0 Å². The number of rotatable bonds is 7. The highest BCUT2D eigenvalue weighted by molar-refractivity contribution is 5.92. The summed E-state index contributed by atoms with van der Waals surface area (Å²) in [4.78, 5) is 26.3. The zero-order valence-electron chi connectivity index (χ0n) is 15.0. The van der Waals surface area contributed by atoms with Gasteiger partial charge in [0.05, 0.1) is 0 Å². The van der Waals surface area contributed by atoms with Crippen LogP contribution in [0.4, 0.5) is 10.2 Å². The van der Waals surface area contributed by atoms with Gasteiger partial charge in [-0.25, -0.2) is 14.4 Å². The molecule has 138 valence electrons. The van der Waals surface area contributed by atoms with E-state index in [1.54, 1.807) is 48.6 Å². The maximum absolute atomic E-state index is 13.7. The molecule has 3 rings (SSSR count). The summed E-state index contributed by atoms with van der Waals surface area (Å²) in [5.41, 5.74) is 1.93. The summed E-state index contributed by atoms with van der Waals surface area (Å²) in [5.74, 6) is -0.00858. The van der Waals surface area contributed by atoms with Crippen molar-refractivity contribution >= 4 is 11.7 Å². The Morgan fingerprint density at radius 3 is 2.70 bits per heavy atom. The highest BCUT2D eigenvalue weighted by Crippen LogP contribution is 2.11. The van der Waals surface area contributed by atoms with Gasteiger partial charge in [-0.3, -0.25) is 9.78 Å². The minimum Gasteiger partial charge on any atom is -0.366 e. The van der Waals surface area contributed by atoms with Gasteiger partial charge < -0.3 is 10.2 Å². The molecule has 0 bridgehead atoms. The number of hydrogen-bond acceptors (Lipinski definition) is 5. The Labute approximate surface area is 157 Å². The molecule has 0 spiro atoms. The molecule has 0 atom stereocenters. The Bertz CT molecular complexity index is 904. The molecule has 1 aromatic carbocycles. The molecule has 0 saturated carbocycles. The van der Waals surface area contributed by atoms with Crippen molar-refractivity contribution < 1.29 is 9.18 Å². The van der Waals surface area contributed by atoms with Crippen molar-refractivity contribution in [2.45, 2.75) is 13.0 Å². The van der Waals surface area contributed by atoms with E-state index in [4.69, 9.17) is 0 Å². The largest absolute Gasteiger partial charge is 0.366 e. The van der Waals surface area contributed by atoms with Gasteiger partial charge in [-0.05, 0) is 30.2 Å². The van der Waals surface area contributed by atoms with E-state index in [1.807, 2.05) is 12.1 Å². The molecule has 1 N–H and O–H groups in total. The number of carbonyl (C=O) groups is 1. The van der Waals surface area contributed by atoms with E-state index in [-0.39, 0.29) is 18.3 Å². The minimum atomic E-state index is -0.286. The van der Waals surface area contributed by atoms with Crippen LogP contribution in [0, 0.1) is 5.82 Å². The van der Waals surface area contributed by atoms with Gasteiger partial charge in [0.1, 0.15) is 23.7 Å². The Kier molecular flexibility index (Phi) is 6.04. The summed E-state index contributed by atoms with van der Waals surface area (Å²) in [6.45, 7) is 0.833. The number of anilines is 1. The summed E-state index contributed by atoms with van der Waals surface area (Å²) in [5, 5.41) is 3.03. The molecule has 0 saturated heterocycles. The summed E-state index contributed by atoms with van der Waals surface area (Å²) in [6.07, 6.45) is 5.52. The van der Waals surface area contributed by atoms with Crippen LogP contribution in [0.25, 0.3) is 0 Å². The number of halogens is 1. The van der Waals surface area contributed by atoms with Crippen LogP contribution in [0.15, 0.2) is 61.2 Å². The maximum Gasteiger partial charge on any atom is 0.272 e. The van der Waals surface area contributed by atoms with Crippen LogP contribution < -0.4 is 5.32 Å². The van der Waals surface area contributed by atoms with E-state index in [0.29, 0.717) is 23.6 Å². The van der Waals surface area contributed by atoms with Crippen molar-refractivity contribution in [2.75, 3.05) is 18.9 Å². The van der Waals surface area contributed by atoms with Gasteiger partial charge in [-0.2, -0.15) is 0 Å². The quantitative estimate of drug-likeness (QED) is 0.697. The molecule has 0 aliphatic heterocycles. The summed E-state index contributed by atoms with van der Waals surface area (Å²) in [7, 11) is 1.73. The molecular weight excluding hydrogens is 345 g/mol. The van der Waals surface area contributed by atoms with Crippen LogP contribution >= 0.6 is 0 Å². The monoisotopic (exact) mass is 365 g/mol. The summed E-state index contributed by atoms with van der Waals surface area (Å²) in [6, 6.07) is 11.9. The smallest absolute Gasteiger partial charge is 0.272 e. The van der Waals surface area contributed by atoms with E-state index in [9.17, 15) is 9.18 Å². The predicted octanol–water partition coefficient (Wildman–Crippen LogP) is 2.94. The minimum absolute atomic E-state index is 0.194. The lowest BCUT2D eigenvalue weighted by molar-refractivity contribution is 0.0790. The van der Waals surface area contributed by atoms with Crippen LogP contribution in [-0.4, -0.2) is 39.4 Å². The Morgan fingerprint density at radius 2 is 1.93 bits per heavy atom. The molecule has 0 aliphatic carbocycles. The third-order valence-electron chi connectivity index (χ3n) is 4.14. The second-order valence-electron chi connectivity index (χ2n) is 6.07. The molecule has 3 aromatic rings. The zero-order chi connectivity index (χ0) is 19.1. The normalized spacial score (nSPS) is 10.4. The first-order valence-electron chi connectivity index (χ1n) is 8.57. The number of pyridine rings is 1. The lowest BCUT2D eigenvalue weighted by atomic mass is 10.2. The van der Waals surface area contributed by atoms with E-state index < -0.39 is 0 Å². The Hall–Kier alpha value is -3.35. The lowest BCUT2D eigenvalue weighted by Crippen LogP contribution is -2.29. The molecule has 0 unspecified atom stereocenters. The Morgan fingerprint density at radius 1 is 1.15 bits per heavy atom. The zero-order valence-corrected chi connectivity index (χ0v) is 15.0. The van der Waals surface area contributed by atoms with Crippen LogP contribution in [0.3, 0.4) is 0 Å². The standard InChI is InChI=1S/C20H20FN5O/c1-26(11-8-15-6-9-22-10-7-15)20(27)18-12-19(25-14-24-18)23-13-16-4-2-3-5-17(16)21/h2-7,9-10,12,14H,8,11,13H2,1H3,(H,23,24,25). The molecule has 0 fully saturated rings. The summed E-state index contributed by atoms with van der Waals surface area (Å²) < 4.78 is 13.7. The van der Waals surface area contributed by atoms with Gasteiger partial charge in [0, 0.05) is 44.2 Å². The molecule has 1 amide bonds. The van der Waals surface area contributed by atoms with Gasteiger partial charge in [-0.15, -0.1) is 0 Å². The average Bonchev–Trinajstić information content (AvgIpc) is 2.72. The first-order chi connectivity index (χ1) is 13.1. The first kappa shape index (κ1) is 18.4. The molecule has 0 radical (unpaired) electrons. The van der Waals surface area contributed by atoms with Crippen LogP contribution in [0.5, 0.6) is 0 Å². The first-order valence-corrected chi connectivity index (χ1v) is 8.57. The van der Waals surface area contributed by atoms with E-state index in [0.717, 1.165) is 12.0 Å². The number of likely N-dealkylation sites (N-methyl/N-ethyl adjacent to an activating group) is 1. The van der Waals surface area contributed by atoms with Crippen molar-refractivity contribution in [2.24, 2.45) is 0 Å².